The van der Waals surface area contributed by atoms with Crippen LogP contribution in [-0.2, 0) is 16.1 Å². The Bertz CT molecular complexity index is 1050. The molecule has 2 aromatic carbocycles. The van der Waals surface area contributed by atoms with Gasteiger partial charge in [0.2, 0.25) is 0 Å². The molecular formula is C28H33N2NaO4. The monoisotopic (exact) mass is 484 g/mol. The summed E-state index contributed by atoms with van der Waals surface area (Å²) in [5.41, 5.74) is 4.75. The number of pyridine rings is 1. The third kappa shape index (κ3) is 9.48. The molecule has 3 rings (SSSR count). The third-order valence-electron chi connectivity index (χ3n) is 5.57. The predicted molar refractivity (Wildman–Crippen MR) is 141 cm³/mol. The molecule has 1 unspecified atom stereocenters. The molecule has 180 valence electrons. The van der Waals surface area contributed by atoms with E-state index in [0.29, 0.717) is 26.1 Å². The quantitative estimate of drug-likeness (QED) is 0.153. The summed E-state index contributed by atoms with van der Waals surface area (Å²) in [6, 6.07) is 21.5. The van der Waals surface area contributed by atoms with Gasteiger partial charge in [0, 0.05) is 11.8 Å². The van der Waals surface area contributed by atoms with E-state index < -0.39 is 5.97 Å². The average Bonchev–Trinajstić information content (AvgIpc) is 2.87. The molecule has 0 bridgehead atoms. The van der Waals surface area contributed by atoms with Crippen LogP contribution in [0, 0.1) is 5.92 Å². The first kappa shape index (κ1) is 28.6. The van der Waals surface area contributed by atoms with Crippen molar-refractivity contribution >= 4 is 41.2 Å². The van der Waals surface area contributed by atoms with E-state index in [1.807, 2.05) is 73.7 Å². The minimum absolute atomic E-state index is 0. The molecule has 1 aromatic heterocycles. The first-order chi connectivity index (χ1) is 16.6. The Labute approximate surface area is 229 Å². The summed E-state index contributed by atoms with van der Waals surface area (Å²) >= 11 is 0. The number of aliphatic carboxylic acids is 1. The van der Waals surface area contributed by atoms with E-state index in [1.54, 1.807) is 6.20 Å². The molecule has 0 aliphatic carbocycles. The Balaban J connectivity index is 0.00000432. The van der Waals surface area contributed by atoms with Crippen molar-refractivity contribution < 1.29 is 19.5 Å². The fraction of sp³-hybridized carbons (Fsp3) is 0.321. The number of unbranched alkanes of at least 4 members (excludes halogenated alkanes) is 1. The van der Waals surface area contributed by atoms with Crippen LogP contribution in [-0.4, -0.2) is 64.5 Å². The fourth-order valence-electron chi connectivity index (χ4n) is 3.58. The van der Waals surface area contributed by atoms with Crippen LogP contribution in [0.1, 0.15) is 44.2 Å². The van der Waals surface area contributed by atoms with Crippen LogP contribution in [0.25, 0.3) is 11.3 Å². The van der Waals surface area contributed by atoms with Crippen molar-refractivity contribution in [1.82, 2.24) is 4.98 Å². The van der Waals surface area contributed by atoms with Gasteiger partial charge >= 0.3 is 35.5 Å². The Morgan fingerprint density at radius 3 is 2.40 bits per heavy atom. The number of hydrogen-bond donors (Lipinski definition) is 1. The van der Waals surface area contributed by atoms with E-state index in [2.05, 4.69) is 17.1 Å². The van der Waals surface area contributed by atoms with Gasteiger partial charge in [-0.05, 0) is 55.2 Å². The maximum absolute atomic E-state index is 11.4. The van der Waals surface area contributed by atoms with Crippen molar-refractivity contribution in [2.75, 3.05) is 13.2 Å². The molecule has 0 saturated carbocycles. The van der Waals surface area contributed by atoms with Gasteiger partial charge in [-0.15, -0.1) is 0 Å². The van der Waals surface area contributed by atoms with Gasteiger partial charge in [-0.3, -0.25) is 9.78 Å². The SMILES string of the molecule is CCCCC(Cc1ccc(OCCON=C(C)c2ccc(-c3ccccn3)cc2)cc1)C(=O)O.[NaH]. The number of carboxylic acids is 1. The molecule has 0 amide bonds. The van der Waals surface area contributed by atoms with Crippen molar-refractivity contribution in [3.8, 4) is 17.0 Å². The molecule has 0 aliphatic heterocycles. The number of oxime groups is 1. The van der Waals surface area contributed by atoms with E-state index in [4.69, 9.17) is 9.57 Å². The van der Waals surface area contributed by atoms with Crippen molar-refractivity contribution in [1.29, 1.82) is 0 Å². The van der Waals surface area contributed by atoms with E-state index in [9.17, 15) is 9.90 Å². The van der Waals surface area contributed by atoms with Gasteiger partial charge in [-0.1, -0.05) is 67.4 Å². The Kier molecular flexibility index (Phi) is 12.5. The van der Waals surface area contributed by atoms with Crippen molar-refractivity contribution in [2.24, 2.45) is 11.1 Å². The van der Waals surface area contributed by atoms with E-state index in [0.717, 1.165) is 46.7 Å². The van der Waals surface area contributed by atoms with Gasteiger partial charge in [0.15, 0.2) is 6.61 Å². The summed E-state index contributed by atoms with van der Waals surface area (Å²) in [6.07, 6.45) is 4.95. The topological polar surface area (TPSA) is 81.0 Å². The van der Waals surface area contributed by atoms with Crippen molar-refractivity contribution in [2.45, 2.75) is 39.5 Å². The summed E-state index contributed by atoms with van der Waals surface area (Å²) in [6.45, 7) is 4.66. The molecule has 1 heterocycles. The van der Waals surface area contributed by atoms with Crippen LogP contribution < -0.4 is 4.74 Å². The van der Waals surface area contributed by atoms with Crippen LogP contribution in [0.2, 0.25) is 0 Å². The zero-order valence-electron chi connectivity index (χ0n) is 19.8. The second-order valence-corrected chi connectivity index (χ2v) is 8.18. The van der Waals surface area contributed by atoms with E-state index in [-0.39, 0.29) is 35.5 Å². The second kappa shape index (κ2) is 15.4. The van der Waals surface area contributed by atoms with Gasteiger partial charge < -0.3 is 14.7 Å². The van der Waals surface area contributed by atoms with Gasteiger partial charge in [-0.25, -0.2) is 0 Å². The van der Waals surface area contributed by atoms with Crippen LogP contribution in [0.4, 0.5) is 0 Å². The van der Waals surface area contributed by atoms with Crippen LogP contribution >= 0.6 is 0 Å². The van der Waals surface area contributed by atoms with Crippen LogP contribution in [0.5, 0.6) is 5.75 Å². The molecule has 1 N–H and O–H groups in total. The number of aromatic nitrogens is 1. The number of carbonyl (C=O) groups is 1. The number of rotatable bonds is 13. The Morgan fingerprint density at radius 2 is 1.77 bits per heavy atom. The third-order valence-corrected chi connectivity index (χ3v) is 5.57. The maximum atomic E-state index is 11.4. The summed E-state index contributed by atoms with van der Waals surface area (Å²) in [7, 11) is 0. The standard InChI is InChI=1S/C28H32N2O4.Na.H/c1-3-4-7-25(28(31)32)20-22-9-15-26(16-10-22)33-18-19-34-30-21(2)23-11-13-24(14-12-23)27-8-5-6-17-29-27;;/h5-6,8-17,25H,3-4,7,18-20H2,1-2H3,(H,31,32);;. The van der Waals surface area contributed by atoms with Crippen LogP contribution in [0.15, 0.2) is 78.1 Å². The van der Waals surface area contributed by atoms with E-state index in [1.165, 1.54) is 0 Å². The summed E-state index contributed by atoms with van der Waals surface area (Å²) in [5.74, 6) is -0.350. The summed E-state index contributed by atoms with van der Waals surface area (Å²) in [5, 5.41) is 13.6. The average molecular weight is 485 g/mol. The normalized spacial score (nSPS) is 11.9. The van der Waals surface area contributed by atoms with Gasteiger partial charge in [0.25, 0.3) is 0 Å². The Morgan fingerprint density at radius 1 is 1.03 bits per heavy atom. The predicted octanol–water partition coefficient (Wildman–Crippen LogP) is 5.35. The first-order valence-electron chi connectivity index (χ1n) is 11.7. The van der Waals surface area contributed by atoms with Gasteiger partial charge in [0.05, 0.1) is 17.3 Å². The molecular weight excluding hydrogens is 451 g/mol. The Hall–Kier alpha value is -2.67. The van der Waals surface area contributed by atoms with Gasteiger partial charge in [0.1, 0.15) is 12.4 Å². The second-order valence-electron chi connectivity index (χ2n) is 8.18. The molecule has 0 saturated heterocycles. The zero-order chi connectivity index (χ0) is 24.2. The molecule has 1 atom stereocenters. The first-order valence-corrected chi connectivity index (χ1v) is 11.7. The van der Waals surface area contributed by atoms with Crippen molar-refractivity contribution in [3.63, 3.8) is 0 Å². The number of ether oxygens (including phenoxy) is 1. The molecule has 0 aliphatic rings. The van der Waals surface area contributed by atoms with Crippen LogP contribution in [0.3, 0.4) is 0 Å². The summed E-state index contributed by atoms with van der Waals surface area (Å²) in [4.78, 5) is 21.2. The summed E-state index contributed by atoms with van der Waals surface area (Å²) < 4.78 is 5.71. The fourth-order valence-corrected chi connectivity index (χ4v) is 3.58. The van der Waals surface area contributed by atoms with Gasteiger partial charge in [-0.2, -0.15) is 0 Å². The number of carboxylic acid groups (broad SMARTS) is 1. The molecule has 6 nitrogen and oxygen atoms in total. The molecule has 7 heteroatoms. The number of benzene rings is 2. The van der Waals surface area contributed by atoms with Crippen molar-refractivity contribution in [3.05, 3.63) is 84.1 Å². The van der Waals surface area contributed by atoms with E-state index >= 15 is 0 Å². The molecule has 0 fully saturated rings. The zero-order valence-corrected chi connectivity index (χ0v) is 19.8. The molecule has 35 heavy (non-hydrogen) atoms. The number of hydrogen-bond acceptors (Lipinski definition) is 5. The molecule has 3 aromatic rings. The molecule has 0 radical (unpaired) electrons. The molecule has 0 spiro atoms. The number of nitrogens with zero attached hydrogens (tertiary/aromatic N) is 2. The minimum atomic E-state index is -0.731.